The summed E-state index contributed by atoms with van der Waals surface area (Å²) in [5, 5.41) is 15.5. The molecule has 10 rings (SSSR count). The van der Waals surface area contributed by atoms with Gasteiger partial charge in [-0.2, -0.15) is 0 Å². The molecule has 1 atom stereocenters. The fourth-order valence-corrected chi connectivity index (χ4v) is 10.5. The lowest BCUT2D eigenvalue weighted by Gasteiger charge is -2.29. The second kappa shape index (κ2) is 17.8. The Morgan fingerprint density at radius 3 is 2.33 bits per heavy atom. The third kappa shape index (κ3) is 8.02. The van der Waals surface area contributed by atoms with Crippen molar-refractivity contribution in [3.8, 4) is 39.1 Å². The Bertz CT molecular complexity index is 3360. The first-order valence-corrected chi connectivity index (χ1v) is 23.0. The zero-order valence-electron chi connectivity index (χ0n) is 36.8. The van der Waals surface area contributed by atoms with Crippen LogP contribution in [0.15, 0.2) is 214 Å². The van der Waals surface area contributed by atoms with Gasteiger partial charge in [0.2, 0.25) is 0 Å². The number of anilines is 5. The van der Waals surface area contributed by atoms with Gasteiger partial charge in [-0.25, -0.2) is 0 Å². The number of hydrogen-bond acceptors (Lipinski definition) is 5. The van der Waals surface area contributed by atoms with Crippen molar-refractivity contribution in [2.45, 2.75) is 18.8 Å². The number of nitrogens with one attached hydrogen (secondary N) is 1. The molecule has 0 bridgehead atoms. The fraction of sp³-hybridized carbons (Fsp3) is 0.0492. The van der Waals surface area contributed by atoms with Gasteiger partial charge in [0.05, 0.1) is 5.69 Å². The number of nitrogens with two attached hydrogens (primary N) is 1. The molecular weight excluding hydrogens is 823 g/mol. The molecule has 0 amide bonds. The summed E-state index contributed by atoms with van der Waals surface area (Å²) >= 11 is 1.75. The van der Waals surface area contributed by atoms with Crippen molar-refractivity contribution >= 4 is 73.7 Å². The first-order chi connectivity index (χ1) is 32.3. The third-order valence-corrected chi connectivity index (χ3v) is 13.9. The van der Waals surface area contributed by atoms with Gasteiger partial charge in [0.25, 0.3) is 0 Å². The van der Waals surface area contributed by atoms with E-state index in [0.717, 1.165) is 99.8 Å². The minimum atomic E-state index is -0.0996. The lowest BCUT2D eigenvalue weighted by Crippen LogP contribution is -2.20. The predicted octanol–water partition coefficient (Wildman–Crippen LogP) is 16.8. The van der Waals surface area contributed by atoms with Gasteiger partial charge in [-0.1, -0.05) is 166 Å². The first kappa shape index (κ1) is 41.9. The summed E-state index contributed by atoms with van der Waals surface area (Å²) in [7, 11) is 0. The van der Waals surface area contributed by atoms with Gasteiger partial charge < -0.3 is 21.1 Å². The summed E-state index contributed by atoms with van der Waals surface area (Å²) in [5.74, 6) is 0.263. The molecule has 4 nitrogen and oxygen atoms in total. The van der Waals surface area contributed by atoms with Crippen LogP contribution < -0.4 is 16.0 Å². The van der Waals surface area contributed by atoms with Crippen molar-refractivity contribution < 1.29 is 5.11 Å². The quantitative estimate of drug-likeness (QED) is 0.120. The lowest BCUT2D eigenvalue weighted by atomic mass is 9.76. The van der Waals surface area contributed by atoms with Crippen LogP contribution in [-0.4, -0.2) is 5.11 Å². The number of thiophene rings is 1. The smallest absolute Gasteiger partial charge is 0.123 e. The highest BCUT2D eigenvalue weighted by Gasteiger charge is 2.26. The molecule has 0 saturated heterocycles. The van der Waals surface area contributed by atoms with Crippen LogP contribution in [-0.2, 0) is 5.41 Å². The van der Waals surface area contributed by atoms with Crippen LogP contribution >= 0.6 is 11.3 Å². The largest absolute Gasteiger partial charge is 0.507 e. The standard InChI is InChI=1S/C61H49N3OS/c1-4-48-51-31-33-56-59(41(2)18-12-15-37-64(56)47-23-17-21-44(39-47)43-20-16-22-45(38-43)50-25-8-11-28-57(50)65)60(51)66-58(48)34-29-42-19-6-7-24-49(42)52-40-46(30-32-54(52)62)63-55-27-10-9-26-53(55)61(3)35-13-5-14-36-61/h4-35,37-40,63,65H,1-2,36,62H2,3H3/b18-12-,34-29-,37-15-. The SMILES string of the molecule is C=Cc1c(/C=C\c2ccccc2-c2cc(Nc3ccccc3C3(C)C=CC=CC3)ccc2N)sc2c3c(ccc12)N(c1cccc(-c2cccc(-c4ccccc4O)c2)c1)/C=C\C=C/C3=C. The van der Waals surface area contributed by atoms with Crippen LogP contribution in [0.4, 0.5) is 28.4 Å². The van der Waals surface area contributed by atoms with Crippen molar-refractivity contribution in [3.63, 3.8) is 0 Å². The summed E-state index contributed by atoms with van der Waals surface area (Å²) in [6, 6.07) is 52.0. The highest BCUT2D eigenvalue weighted by atomic mass is 32.1. The molecule has 66 heavy (non-hydrogen) atoms. The van der Waals surface area contributed by atoms with Gasteiger partial charge in [-0.05, 0) is 118 Å². The average Bonchev–Trinajstić information content (AvgIpc) is 3.71. The van der Waals surface area contributed by atoms with E-state index in [0.29, 0.717) is 5.69 Å². The maximum absolute atomic E-state index is 10.6. The number of rotatable bonds is 10. The third-order valence-electron chi connectivity index (χ3n) is 12.7. The molecule has 7 aromatic carbocycles. The number of allylic oxidation sites excluding steroid dienone is 8. The van der Waals surface area contributed by atoms with Crippen molar-refractivity contribution in [1.29, 1.82) is 0 Å². The van der Waals surface area contributed by atoms with Crippen LogP contribution in [0.5, 0.6) is 5.75 Å². The number of phenolic OH excluding ortho intramolecular Hbond substituents is 1. The monoisotopic (exact) mass is 871 g/mol. The molecule has 1 unspecified atom stereocenters. The van der Waals surface area contributed by atoms with Crippen LogP contribution in [0.2, 0.25) is 0 Å². The zero-order chi connectivity index (χ0) is 45.2. The molecule has 4 N–H and O–H groups in total. The molecule has 0 fully saturated rings. The Morgan fingerprint density at radius 1 is 0.727 bits per heavy atom. The number of phenols is 1. The van der Waals surface area contributed by atoms with E-state index >= 15 is 0 Å². The zero-order valence-corrected chi connectivity index (χ0v) is 37.6. The van der Waals surface area contributed by atoms with Crippen LogP contribution in [0.3, 0.4) is 0 Å². The van der Waals surface area contributed by atoms with Crippen molar-refractivity contribution in [2.75, 3.05) is 16.0 Å². The second-order valence-corrected chi connectivity index (χ2v) is 18.0. The molecule has 0 radical (unpaired) electrons. The molecule has 1 aromatic heterocycles. The molecule has 8 aromatic rings. The molecule has 1 aliphatic carbocycles. The second-order valence-electron chi connectivity index (χ2n) is 17.0. The van der Waals surface area contributed by atoms with E-state index in [1.807, 2.05) is 42.5 Å². The number of hydrogen-bond donors (Lipinski definition) is 3. The number of para-hydroxylation sites is 2. The van der Waals surface area contributed by atoms with Crippen LogP contribution in [0.1, 0.15) is 40.5 Å². The Kier molecular flexibility index (Phi) is 11.3. The Balaban J connectivity index is 0.991. The number of nitrogens with zero attached hydrogens (tertiary/aromatic N) is 1. The number of aromatic hydroxyl groups is 1. The maximum Gasteiger partial charge on any atom is 0.123 e. The summed E-state index contributed by atoms with van der Waals surface area (Å²) in [5.41, 5.74) is 22.8. The molecule has 320 valence electrons. The van der Waals surface area contributed by atoms with E-state index < -0.39 is 0 Å². The van der Waals surface area contributed by atoms with E-state index in [4.69, 9.17) is 5.73 Å². The Morgan fingerprint density at radius 2 is 1.50 bits per heavy atom. The minimum Gasteiger partial charge on any atom is -0.507 e. The van der Waals surface area contributed by atoms with Gasteiger partial charge in [0.1, 0.15) is 5.75 Å². The predicted molar refractivity (Wildman–Crippen MR) is 286 cm³/mol. The summed E-state index contributed by atoms with van der Waals surface area (Å²) < 4.78 is 1.15. The van der Waals surface area contributed by atoms with E-state index in [1.165, 1.54) is 5.56 Å². The first-order valence-electron chi connectivity index (χ1n) is 22.2. The van der Waals surface area contributed by atoms with Crippen molar-refractivity contribution in [1.82, 2.24) is 0 Å². The number of nitrogen functional groups attached to an aromatic ring is 1. The van der Waals surface area contributed by atoms with Crippen molar-refractivity contribution in [2.24, 2.45) is 0 Å². The molecule has 5 heteroatoms. The minimum absolute atomic E-state index is 0.0996. The van der Waals surface area contributed by atoms with E-state index in [-0.39, 0.29) is 11.2 Å². The van der Waals surface area contributed by atoms with Gasteiger partial charge >= 0.3 is 0 Å². The van der Waals surface area contributed by atoms with Crippen molar-refractivity contribution in [3.05, 3.63) is 241 Å². The van der Waals surface area contributed by atoms with Gasteiger partial charge in [0, 0.05) is 66.0 Å². The van der Waals surface area contributed by atoms with E-state index in [9.17, 15) is 5.11 Å². The highest BCUT2D eigenvalue weighted by Crippen LogP contribution is 2.46. The summed E-state index contributed by atoms with van der Waals surface area (Å²) in [6.45, 7) is 11.2. The van der Waals surface area contributed by atoms with E-state index in [2.05, 4.69) is 200 Å². The molecule has 2 heterocycles. The van der Waals surface area contributed by atoms with Gasteiger partial charge in [-0.15, -0.1) is 11.3 Å². The van der Waals surface area contributed by atoms with Crippen LogP contribution in [0, 0.1) is 0 Å². The number of benzene rings is 7. The highest BCUT2D eigenvalue weighted by molar-refractivity contribution is 7.20. The Labute approximate surface area is 391 Å². The van der Waals surface area contributed by atoms with Crippen LogP contribution in [0.25, 0.3) is 67.3 Å². The summed E-state index contributed by atoms with van der Waals surface area (Å²) in [6.07, 6.45) is 24.4. The molecule has 0 saturated carbocycles. The average molecular weight is 872 g/mol. The van der Waals surface area contributed by atoms with Gasteiger partial charge in [-0.3, -0.25) is 0 Å². The normalized spacial score (nSPS) is 16.5. The lowest BCUT2D eigenvalue weighted by molar-refractivity contribution is 0.477. The van der Waals surface area contributed by atoms with Gasteiger partial charge in [0.15, 0.2) is 0 Å². The Hall–Kier alpha value is -8.12. The molecule has 1 aliphatic heterocycles. The summed E-state index contributed by atoms with van der Waals surface area (Å²) in [4.78, 5) is 3.35. The topological polar surface area (TPSA) is 61.5 Å². The fourth-order valence-electron chi connectivity index (χ4n) is 9.24. The molecule has 2 aliphatic rings. The van der Waals surface area contributed by atoms with E-state index in [1.54, 1.807) is 17.4 Å². The maximum atomic E-state index is 10.6. The molecular formula is C61H49N3OS. The molecule has 0 spiro atoms. The number of fused-ring (bicyclic) bond motifs is 3.